The standard InChI is InChI=1S/C5H9P/c1-2-3-4-5-6/h2-5H,6H2,1H3/b3-2-,5-4-. The topological polar surface area (TPSA) is 0 Å². The molecule has 0 heterocycles. The monoisotopic (exact) mass is 100 g/mol. The highest BCUT2D eigenvalue weighted by molar-refractivity contribution is 7.20. The fourth-order valence-electron chi connectivity index (χ4n) is 0.175. The van der Waals surface area contributed by atoms with Crippen LogP contribution in [0, 0.1) is 0 Å². The van der Waals surface area contributed by atoms with Gasteiger partial charge in [-0.25, -0.2) is 0 Å². The van der Waals surface area contributed by atoms with Crippen molar-refractivity contribution < 1.29 is 0 Å². The van der Waals surface area contributed by atoms with Gasteiger partial charge in [0.1, 0.15) is 0 Å². The lowest BCUT2D eigenvalue weighted by Gasteiger charge is -1.62. The molecule has 0 radical (unpaired) electrons. The largest absolute Gasteiger partial charge is 0.114 e. The van der Waals surface area contributed by atoms with Crippen LogP contribution in [0.2, 0.25) is 0 Å². The summed E-state index contributed by atoms with van der Waals surface area (Å²) in [7, 11) is 2.50. The minimum atomic E-state index is 1.92. The lowest BCUT2D eigenvalue weighted by Crippen LogP contribution is -1.37. The van der Waals surface area contributed by atoms with Gasteiger partial charge in [-0.15, -0.1) is 9.24 Å². The maximum Gasteiger partial charge on any atom is -0.0467 e. The maximum atomic E-state index is 2.50. The highest BCUT2D eigenvalue weighted by atomic mass is 31.0. The maximum absolute atomic E-state index is 2.50. The van der Waals surface area contributed by atoms with Crippen molar-refractivity contribution in [1.82, 2.24) is 0 Å². The van der Waals surface area contributed by atoms with Crippen LogP contribution in [0.1, 0.15) is 6.92 Å². The highest BCUT2D eigenvalue weighted by Gasteiger charge is 1.48. The third-order valence-corrected chi connectivity index (χ3v) is 0.637. The van der Waals surface area contributed by atoms with Gasteiger partial charge in [-0.1, -0.05) is 24.0 Å². The van der Waals surface area contributed by atoms with Crippen molar-refractivity contribution in [3.05, 3.63) is 24.0 Å². The van der Waals surface area contributed by atoms with Gasteiger partial charge in [0.15, 0.2) is 0 Å². The minimum absolute atomic E-state index is 1.92. The predicted octanol–water partition coefficient (Wildman–Crippen LogP) is 1.95. The van der Waals surface area contributed by atoms with Gasteiger partial charge in [0.05, 0.1) is 0 Å². The van der Waals surface area contributed by atoms with Gasteiger partial charge in [-0.3, -0.25) is 0 Å². The van der Waals surface area contributed by atoms with E-state index >= 15 is 0 Å². The molecule has 1 heteroatoms. The van der Waals surface area contributed by atoms with E-state index in [-0.39, 0.29) is 0 Å². The highest BCUT2D eigenvalue weighted by Crippen LogP contribution is 1.82. The second-order valence-corrected chi connectivity index (χ2v) is 1.30. The van der Waals surface area contributed by atoms with Crippen LogP contribution >= 0.6 is 9.24 Å². The average Bonchev–Trinajstić information content (AvgIpc) is 1.61. The van der Waals surface area contributed by atoms with Gasteiger partial charge in [-0.2, -0.15) is 0 Å². The van der Waals surface area contributed by atoms with Crippen LogP contribution < -0.4 is 0 Å². The van der Waals surface area contributed by atoms with Gasteiger partial charge in [0.25, 0.3) is 0 Å². The van der Waals surface area contributed by atoms with E-state index in [2.05, 4.69) is 9.24 Å². The van der Waals surface area contributed by atoms with Crippen molar-refractivity contribution in [2.75, 3.05) is 0 Å². The molecule has 0 bridgehead atoms. The van der Waals surface area contributed by atoms with Gasteiger partial charge in [0.2, 0.25) is 0 Å². The van der Waals surface area contributed by atoms with E-state index < -0.39 is 0 Å². The summed E-state index contributed by atoms with van der Waals surface area (Å²) in [6.45, 7) is 1.99. The molecule has 0 spiro atoms. The van der Waals surface area contributed by atoms with E-state index in [1.54, 1.807) is 0 Å². The van der Waals surface area contributed by atoms with Crippen LogP contribution in [0.25, 0.3) is 0 Å². The normalized spacial score (nSPS) is 11.7. The van der Waals surface area contributed by atoms with Gasteiger partial charge in [0, 0.05) is 0 Å². The van der Waals surface area contributed by atoms with Crippen LogP contribution in [0.15, 0.2) is 24.0 Å². The Morgan fingerprint density at radius 2 is 2.00 bits per heavy atom. The summed E-state index contributed by atoms with van der Waals surface area (Å²) in [5.41, 5.74) is 0. The summed E-state index contributed by atoms with van der Waals surface area (Å²) in [6.07, 6.45) is 5.93. The summed E-state index contributed by atoms with van der Waals surface area (Å²) in [6, 6.07) is 0. The number of hydrogen-bond donors (Lipinski definition) is 0. The van der Waals surface area contributed by atoms with Crippen LogP contribution in [0.4, 0.5) is 0 Å². The Bertz CT molecular complexity index is 52.3. The van der Waals surface area contributed by atoms with E-state index in [0.29, 0.717) is 0 Å². The van der Waals surface area contributed by atoms with Crippen molar-refractivity contribution in [1.29, 1.82) is 0 Å². The molecule has 34 valence electrons. The molecule has 0 aliphatic rings. The average molecular weight is 100 g/mol. The fraction of sp³-hybridized carbons (Fsp3) is 0.200. The summed E-state index contributed by atoms with van der Waals surface area (Å²) in [4.78, 5) is 0. The molecule has 0 saturated carbocycles. The van der Waals surface area contributed by atoms with E-state index in [0.717, 1.165) is 0 Å². The first kappa shape index (κ1) is 5.91. The van der Waals surface area contributed by atoms with E-state index in [4.69, 9.17) is 0 Å². The van der Waals surface area contributed by atoms with Crippen LogP contribution in [0.5, 0.6) is 0 Å². The molecule has 0 saturated heterocycles. The molecule has 0 fully saturated rings. The smallest absolute Gasteiger partial charge is 0.0467 e. The lowest BCUT2D eigenvalue weighted by atomic mass is 10.5. The fourth-order valence-corrected chi connectivity index (χ4v) is 0.304. The summed E-state index contributed by atoms with van der Waals surface area (Å²) >= 11 is 0. The SMILES string of the molecule is C/C=C\C=C/P. The molecule has 0 aliphatic carbocycles. The second-order valence-electron chi connectivity index (χ2n) is 0.911. The Kier molecular flexibility index (Phi) is 4.84. The first-order valence-corrected chi connectivity index (χ1v) is 2.58. The molecule has 0 aromatic rings. The van der Waals surface area contributed by atoms with Crippen molar-refractivity contribution in [2.24, 2.45) is 0 Å². The summed E-state index contributed by atoms with van der Waals surface area (Å²) < 4.78 is 0. The zero-order valence-electron chi connectivity index (χ0n) is 3.89. The molecule has 1 atom stereocenters. The third kappa shape index (κ3) is 3.91. The zero-order valence-corrected chi connectivity index (χ0v) is 5.04. The van der Waals surface area contributed by atoms with E-state index in [9.17, 15) is 0 Å². The molecular weight excluding hydrogens is 91.0 g/mol. The minimum Gasteiger partial charge on any atom is -0.114 e. The molecule has 0 amide bonds. The number of allylic oxidation sites excluding steroid dienone is 3. The predicted molar refractivity (Wildman–Crippen MR) is 33.7 cm³/mol. The Morgan fingerprint density at radius 1 is 1.33 bits per heavy atom. The first-order valence-electron chi connectivity index (χ1n) is 1.91. The molecule has 6 heavy (non-hydrogen) atoms. The van der Waals surface area contributed by atoms with Crippen molar-refractivity contribution >= 4 is 9.24 Å². The van der Waals surface area contributed by atoms with Crippen LogP contribution in [0.3, 0.4) is 0 Å². The molecular formula is C5H9P. The Labute approximate surface area is 41.1 Å². The molecule has 0 rings (SSSR count). The van der Waals surface area contributed by atoms with Gasteiger partial charge < -0.3 is 0 Å². The molecule has 0 nitrogen and oxygen atoms in total. The molecule has 0 aliphatic heterocycles. The Morgan fingerprint density at radius 3 is 2.17 bits per heavy atom. The first-order chi connectivity index (χ1) is 2.91. The van der Waals surface area contributed by atoms with Crippen LogP contribution in [-0.4, -0.2) is 0 Å². The van der Waals surface area contributed by atoms with Crippen molar-refractivity contribution in [3.8, 4) is 0 Å². The Hall–Kier alpha value is -0.0900. The van der Waals surface area contributed by atoms with Crippen LogP contribution in [-0.2, 0) is 0 Å². The van der Waals surface area contributed by atoms with Crippen molar-refractivity contribution in [3.63, 3.8) is 0 Å². The third-order valence-electron chi connectivity index (χ3n) is 0.415. The number of rotatable bonds is 1. The lowest BCUT2D eigenvalue weighted by molar-refractivity contribution is 1.74. The zero-order chi connectivity index (χ0) is 4.83. The summed E-state index contributed by atoms with van der Waals surface area (Å²) in [5, 5.41) is 0. The van der Waals surface area contributed by atoms with E-state index in [1.165, 1.54) is 0 Å². The van der Waals surface area contributed by atoms with E-state index in [1.807, 2.05) is 31.0 Å². The number of hydrogen-bond acceptors (Lipinski definition) is 0. The Balaban J connectivity index is 3.07. The molecule has 0 aromatic heterocycles. The molecule has 0 N–H and O–H groups in total. The summed E-state index contributed by atoms with van der Waals surface area (Å²) in [5.74, 6) is 1.92. The molecule has 1 unspecified atom stereocenters. The van der Waals surface area contributed by atoms with Gasteiger partial charge >= 0.3 is 0 Å². The quantitative estimate of drug-likeness (QED) is 0.349. The van der Waals surface area contributed by atoms with Crippen molar-refractivity contribution in [2.45, 2.75) is 6.92 Å². The second kappa shape index (κ2) is 4.91. The molecule has 0 aromatic carbocycles. The van der Waals surface area contributed by atoms with Gasteiger partial charge in [-0.05, 0) is 6.92 Å².